The minimum atomic E-state index is 0. The SMILES string of the molecule is COc1cc2c(c(OC)c1OC)-c1c(cc(OC)c(OC)c1OC)C[NH+](C)C2.O.[Cl-]. The highest BCUT2D eigenvalue weighted by atomic mass is 35.5. The third-order valence-electron chi connectivity index (χ3n) is 5.06. The number of benzene rings is 2. The second-order valence-electron chi connectivity index (χ2n) is 6.67. The van der Waals surface area contributed by atoms with E-state index in [9.17, 15) is 0 Å². The van der Waals surface area contributed by atoms with Gasteiger partial charge in [0.15, 0.2) is 23.0 Å². The van der Waals surface area contributed by atoms with Crippen LogP contribution in [0.5, 0.6) is 34.5 Å². The lowest BCUT2D eigenvalue weighted by Gasteiger charge is -2.22. The van der Waals surface area contributed by atoms with E-state index in [1.54, 1.807) is 42.7 Å². The van der Waals surface area contributed by atoms with Crippen molar-refractivity contribution in [2.45, 2.75) is 13.1 Å². The fourth-order valence-electron chi connectivity index (χ4n) is 3.95. The van der Waals surface area contributed by atoms with E-state index >= 15 is 0 Å². The molecule has 0 atom stereocenters. The van der Waals surface area contributed by atoms with Crippen LogP contribution in [-0.2, 0) is 13.1 Å². The molecule has 0 fully saturated rings. The molecule has 9 heteroatoms. The molecule has 0 aliphatic carbocycles. The van der Waals surface area contributed by atoms with E-state index in [0.29, 0.717) is 34.5 Å². The third-order valence-corrected chi connectivity index (χ3v) is 5.06. The Hall–Kier alpha value is -2.55. The predicted molar refractivity (Wildman–Crippen MR) is 109 cm³/mol. The van der Waals surface area contributed by atoms with Gasteiger partial charge in [-0.1, -0.05) is 0 Å². The molecule has 3 rings (SSSR count). The van der Waals surface area contributed by atoms with Gasteiger partial charge in [-0.2, -0.15) is 0 Å². The van der Waals surface area contributed by atoms with Crippen LogP contribution in [0.2, 0.25) is 0 Å². The molecule has 1 aliphatic heterocycles. The molecule has 2 aromatic rings. The molecule has 0 spiro atoms. The molecule has 0 aromatic heterocycles. The normalized spacial score (nSPS) is 12.2. The first-order chi connectivity index (χ1) is 13.5. The largest absolute Gasteiger partial charge is 1.00 e. The standard InChI is InChI=1S/C21H27NO6.ClH.H2O/c1-22-10-12-8-14(23-2)18(25-4)20(27-6)16(12)17-13(11-22)9-15(24-3)19(26-5)21(17)28-7;;/h8-9H,10-11H2,1-7H3;1H;1H2. The van der Waals surface area contributed by atoms with Gasteiger partial charge < -0.3 is 51.2 Å². The number of hydrogen-bond donors (Lipinski definition) is 1. The highest BCUT2D eigenvalue weighted by Crippen LogP contribution is 2.54. The molecule has 0 amide bonds. The molecular weight excluding hydrogens is 414 g/mol. The second-order valence-corrected chi connectivity index (χ2v) is 6.67. The molecule has 0 saturated heterocycles. The average molecular weight is 444 g/mol. The first kappa shape index (κ1) is 25.5. The number of nitrogens with one attached hydrogen (secondary N) is 1. The van der Waals surface area contributed by atoms with Crippen molar-refractivity contribution in [3.8, 4) is 45.6 Å². The van der Waals surface area contributed by atoms with Crippen molar-refractivity contribution < 1.29 is 51.2 Å². The van der Waals surface area contributed by atoms with Crippen molar-refractivity contribution in [3.63, 3.8) is 0 Å². The van der Waals surface area contributed by atoms with Gasteiger partial charge in [0.25, 0.3) is 0 Å². The van der Waals surface area contributed by atoms with Crippen LogP contribution in [0, 0.1) is 0 Å². The zero-order valence-electron chi connectivity index (χ0n) is 18.4. The summed E-state index contributed by atoms with van der Waals surface area (Å²) in [7, 11) is 11.9. The number of methoxy groups -OCH3 is 6. The summed E-state index contributed by atoms with van der Waals surface area (Å²) in [5, 5.41) is 0. The lowest BCUT2D eigenvalue weighted by atomic mass is 9.93. The van der Waals surface area contributed by atoms with E-state index in [2.05, 4.69) is 7.05 Å². The van der Waals surface area contributed by atoms with Crippen LogP contribution in [0.25, 0.3) is 11.1 Å². The molecule has 8 nitrogen and oxygen atoms in total. The third kappa shape index (κ3) is 4.03. The van der Waals surface area contributed by atoms with Crippen LogP contribution in [-0.4, -0.2) is 55.2 Å². The van der Waals surface area contributed by atoms with Crippen molar-refractivity contribution in [3.05, 3.63) is 23.3 Å². The fraction of sp³-hybridized carbons (Fsp3) is 0.429. The lowest BCUT2D eigenvalue weighted by molar-refractivity contribution is -0.907. The van der Waals surface area contributed by atoms with E-state index in [-0.39, 0.29) is 17.9 Å². The van der Waals surface area contributed by atoms with Gasteiger partial charge in [-0.15, -0.1) is 0 Å². The molecule has 0 radical (unpaired) electrons. The van der Waals surface area contributed by atoms with Gasteiger partial charge in [0.05, 0.1) is 49.7 Å². The van der Waals surface area contributed by atoms with E-state index in [1.807, 2.05) is 12.1 Å². The molecule has 0 saturated carbocycles. The van der Waals surface area contributed by atoms with Gasteiger partial charge in [0.1, 0.15) is 13.1 Å². The van der Waals surface area contributed by atoms with Crippen LogP contribution >= 0.6 is 0 Å². The zero-order valence-corrected chi connectivity index (χ0v) is 19.2. The summed E-state index contributed by atoms with van der Waals surface area (Å²) in [5.41, 5.74) is 4.00. The summed E-state index contributed by atoms with van der Waals surface area (Å²) in [6.07, 6.45) is 0. The van der Waals surface area contributed by atoms with E-state index < -0.39 is 0 Å². The topological polar surface area (TPSA) is 91.3 Å². The minimum Gasteiger partial charge on any atom is -1.00 e. The van der Waals surface area contributed by atoms with Crippen molar-refractivity contribution in [1.29, 1.82) is 0 Å². The van der Waals surface area contributed by atoms with E-state index in [0.717, 1.165) is 35.3 Å². The molecular formula is C21H30ClNO7. The quantitative estimate of drug-likeness (QED) is 0.561. The molecule has 0 unspecified atom stereocenters. The minimum absolute atomic E-state index is 0. The van der Waals surface area contributed by atoms with Gasteiger partial charge in [-0.05, 0) is 12.1 Å². The Kier molecular flexibility index (Phi) is 8.90. The first-order valence-corrected chi connectivity index (χ1v) is 8.99. The number of fused-ring (bicyclic) bond motifs is 3. The van der Waals surface area contributed by atoms with Crippen LogP contribution in [0.4, 0.5) is 0 Å². The maximum atomic E-state index is 5.81. The summed E-state index contributed by atoms with van der Waals surface area (Å²) < 4.78 is 34.0. The fourth-order valence-corrected chi connectivity index (χ4v) is 3.95. The number of halogens is 1. The highest BCUT2D eigenvalue weighted by Gasteiger charge is 2.33. The maximum Gasteiger partial charge on any atom is 0.203 e. The van der Waals surface area contributed by atoms with Crippen molar-refractivity contribution in [1.82, 2.24) is 0 Å². The lowest BCUT2D eigenvalue weighted by Crippen LogP contribution is -3.06. The predicted octanol–water partition coefficient (Wildman–Crippen LogP) is -1.89. The monoisotopic (exact) mass is 443 g/mol. The molecule has 168 valence electrons. The summed E-state index contributed by atoms with van der Waals surface area (Å²) in [6, 6.07) is 4.01. The van der Waals surface area contributed by atoms with Crippen LogP contribution in [0.3, 0.4) is 0 Å². The Morgan fingerprint density at radius 3 is 1.20 bits per heavy atom. The van der Waals surface area contributed by atoms with Crippen LogP contribution < -0.4 is 45.7 Å². The van der Waals surface area contributed by atoms with Crippen molar-refractivity contribution in [2.24, 2.45) is 0 Å². The highest BCUT2D eigenvalue weighted by molar-refractivity contribution is 5.88. The summed E-state index contributed by atoms with van der Waals surface area (Å²) in [6.45, 7) is 1.57. The maximum absolute atomic E-state index is 5.81. The number of rotatable bonds is 6. The zero-order chi connectivity index (χ0) is 20.4. The average Bonchev–Trinajstić information content (AvgIpc) is 2.85. The van der Waals surface area contributed by atoms with Gasteiger partial charge in [-0.3, -0.25) is 0 Å². The van der Waals surface area contributed by atoms with Gasteiger partial charge in [0.2, 0.25) is 11.5 Å². The smallest absolute Gasteiger partial charge is 0.203 e. The van der Waals surface area contributed by atoms with E-state index in [4.69, 9.17) is 28.4 Å². The Labute approximate surface area is 183 Å². The molecule has 3 N–H and O–H groups in total. The van der Waals surface area contributed by atoms with Gasteiger partial charge in [0, 0.05) is 22.3 Å². The van der Waals surface area contributed by atoms with Crippen molar-refractivity contribution >= 4 is 0 Å². The number of quaternary nitrogens is 1. The Morgan fingerprint density at radius 2 is 0.933 bits per heavy atom. The Morgan fingerprint density at radius 1 is 0.600 bits per heavy atom. The Balaban J connectivity index is 0.00000225. The molecule has 1 aliphatic rings. The number of hydrogen-bond acceptors (Lipinski definition) is 6. The van der Waals surface area contributed by atoms with Crippen LogP contribution in [0.1, 0.15) is 11.1 Å². The molecule has 1 heterocycles. The van der Waals surface area contributed by atoms with Gasteiger partial charge in [-0.25, -0.2) is 0 Å². The van der Waals surface area contributed by atoms with Gasteiger partial charge >= 0.3 is 0 Å². The summed E-state index contributed by atoms with van der Waals surface area (Å²) in [4.78, 5) is 1.31. The Bertz CT molecular complexity index is 817. The summed E-state index contributed by atoms with van der Waals surface area (Å²) >= 11 is 0. The van der Waals surface area contributed by atoms with Crippen LogP contribution in [0.15, 0.2) is 12.1 Å². The number of ether oxygens (including phenoxy) is 6. The van der Waals surface area contributed by atoms with Crippen molar-refractivity contribution in [2.75, 3.05) is 49.7 Å². The summed E-state index contributed by atoms with van der Waals surface area (Å²) in [5.74, 6) is 3.58. The second kappa shape index (κ2) is 10.5. The molecule has 30 heavy (non-hydrogen) atoms. The van der Waals surface area contributed by atoms with E-state index in [1.165, 1.54) is 4.90 Å². The molecule has 2 aromatic carbocycles. The first-order valence-electron chi connectivity index (χ1n) is 8.99. The molecule has 0 bridgehead atoms.